The van der Waals surface area contributed by atoms with Crippen molar-refractivity contribution in [2.45, 2.75) is 17.2 Å². The summed E-state index contributed by atoms with van der Waals surface area (Å²) in [6.45, 7) is 2.12. The van der Waals surface area contributed by atoms with Gasteiger partial charge in [-0.05, 0) is 18.6 Å². The van der Waals surface area contributed by atoms with Crippen LogP contribution in [0.4, 0.5) is 0 Å². The lowest BCUT2D eigenvalue weighted by atomic mass is 10.2. The number of aromatic nitrogens is 4. The molecule has 0 N–H and O–H groups in total. The van der Waals surface area contributed by atoms with E-state index in [0.29, 0.717) is 0 Å². The van der Waals surface area contributed by atoms with Gasteiger partial charge >= 0.3 is 0 Å². The van der Waals surface area contributed by atoms with Gasteiger partial charge in [0.2, 0.25) is 0 Å². The van der Waals surface area contributed by atoms with Crippen molar-refractivity contribution in [3.63, 3.8) is 0 Å². The van der Waals surface area contributed by atoms with Gasteiger partial charge in [0.25, 0.3) is 0 Å². The molecule has 0 amide bonds. The zero-order chi connectivity index (χ0) is 14.1. The fraction of sp³-hybridized carbons (Fsp3) is 0.214. The molecule has 0 aliphatic carbocycles. The number of fused-ring (bicyclic) bond motifs is 1. The second kappa shape index (κ2) is 5.42. The van der Waals surface area contributed by atoms with E-state index in [1.54, 1.807) is 29.0 Å². The van der Waals surface area contributed by atoms with Crippen LogP contribution in [0.2, 0.25) is 5.02 Å². The van der Waals surface area contributed by atoms with Crippen LogP contribution >= 0.6 is 23.4 Å². The lowest BCUT2D eigenvalue weighted by Gasteiger charge is -2.12. The summed E-state index contributed by atoms with van der Waals surface area (Å²) in [4.78, 5) is 8.62. The Bertz CT molecular complexity index is 756. The molecule has 1 atom stereocenters. The maximum Gasteiger partial charge on any atom is 0.162 e. The maximum atomic E-state index is 6.25. The van der Waals surface area contributed by atoms with E-state index in [4.69, 9.17) is 11.6 Å². The Morgan fingerprint density at radius 1 is 1.25 bits per heavy atom. The van der Waals surface area contributed by atoms with E-state index in [2.05, 4.69) is 22.0 Å². The molecule has 1 aromatic carbocycles. The lowest BCUT2D eigenvalue weighted by Crippen LogP contribution is -1.94. The lowest BCUT2D eigenvalue weighted by molar-refractivity contribution is 0.784. The quantitative estimate of drug-likeness (QED) is 0.544. The number of hydrogen-bond acceptors (Lipinski definition) is 4. The summed E-state index contributed by atoms with van der Waals surface area (Å²) in [5, 5.41) is 7.12. The Kier molecular flexibility index (Phi) is 3.63. The molecule has 6 heteroatoms. The normalized spacial score (nSPS) is 12.8. The first kappa shape index (κ1) is 13.4. The summed E-state index contributed by atoms with van der Waals surface area (Å²) in [7, 11) is 1.88. The minimum atomic E-state index is 0.210. The van der Waals surface area contributed by atoms with Gasteiger partial charge in [0.1, 0.15) is 11.4 Å². The number of aryl methyl sites for hydroxylation is 1. The largest absolute Gasteiger partial charge is 0.250 e. The zero-order valence-corrected chi connectivity index (χ0v) is 12.7. The minimum Gasteiger partial charge on any atom is -0.250 e. The molecule has 1 unspecified atom stereocenters. The summed E-state index contributed by atoms with van der Waals surface area (Å²) in [5.41, 5.74) is 1.95. The van der Waals surface area contributed by atoms with Crippen LogP contribution in [-0.4, -0.2) is 19.7 Å². The topological polar surface area (TPSA) is 43.6 Å². The molecule has 20 heavy (non-hydrogen) atoms. The van der Waals surface area contributed by atoms with E-state index in [0.717, 1.165) is 26.6 Å². The standard InChI is InChI=1S/C14H13ClN4S/c1-9(10-5-3-4-6-12(10)15)20-14-11-7-18-19(2)13(11)16-8-17-14/h3-9H,1-2H3. The molecular formula is C14H13ClN4S. The number of nitrogens with zero attached hydrogens (tertiary/aromatic N) is 4. The smallest absolute Gasteiger partial charge is 0.162 e. The minimum absolute atomic E-state index is 0.210. The van der Waals surface area contributed by atoms with Gasteiger partial charge in [0.05, 0.1) is 11.6 Å². The highest BCUT2D eigenvalue weighted by Crippen LogP contribution is 2.38. The predicted octanol–water partition coefficient (Wildman–Crippen LogP) is 3.87. The highest BCUT2D eigenvalue weighted by atomic mass is 35.5. The SMILES string of the molecule is CC(Sc1ncnc2c1cnn2C)c1ccccc1Cl. The third-order valence-corrected chi connectivity index (χ3v) is 4.62. The molecule has 3 rings (SSSR count). The first-order valence-electron chi connectivity index (χ1n) is 6.20. The van der Waals surface area contributed by atoms with Crippen LogP contribution in [0.1, 0.15) is 17.7 Å². The van der Waals surface area contributed by atoms with Crippen LogP contribution in [0.5, 0.6) is 0 Å². The molecular weight excluding hydrogens is 292 g/mol. The average molecular weight is 305 g/mol. The van der Waals surface area contributed by atoms with Crippen molar-refractivity contribution in [2.24, 2.45) is 7.05 Å². The Morgan fingerprint density at radius 2 is 2.05 bits per heavy atom. The van der Waals surface area contributed by atoms with Gasteiger partial charge in [0, 0.05) is 17.3 Å². The van der Waals surface area contributed by atoms with Crippen molar-refractivity contribution < 1.29 is 0 Å². The molecule has 0 spiro atoms. The maximum absolute atomic E-state index is 6.25. The molecule has 0 saturated carbocycles. The van der Waals surface area contributed by atoms with Crippen LogP contribution in [0.25, 0.3) is 11.0 Å². The highest BCUT2D eigenvalue weighted by Gasteiger charge is 2.15. The zero-order valence-electron chi connectivity index (χ0n) is 11.1. The van der Waals surface area contributed by atoms with E-state index in [1.807, 2.05) is 31.3 Å². The Labute approximate surface area is 126 Å². The molecule has 2 aromatic heterocycles. The van der Waals surface area contributed by atoms with Gasteiger partial charge in [-0.2, -0.15) is 5.10 Å². The van der Waals surface area contributed by atoms with Gasteiger partial charge in [-0.3, -0.25) is 4.68 Å². The molecule has 0 aliphatic rings. The third-order valence-electron chi connectivity index (χ3n) is 3.12. The molecule has 102 valence electrons. The van der Waals surface area contributed by atoms with Crippen molar-refractivity contribution in [1.82, 2.24) is 19.7 Å². The Hall–Kier alpha value is -1.59. The number of halogens is 1. The number of thioether (sulfide) groups is 1. The van der Waals surface area contributed by atoms with Crippen LogP contribution in [-0.2, 0) is 7.05 Å². The number of benzene rings is 1. The molecule has 4 nitrogen and oxygen atoms in total. The summed E-state index contributed by atoms with van der Waals surface area (Å²) >= 11 is 7.91. The third kappa shape index (κ3) is 2.39. The van der Waals surface area contributed by atoms with Crippen LogP contribution < -0.4 is 0 Å². The average Bonchev–Trinajstić information content (AvgIpc) is 2.82. The van der Waals surface area contributed by atoms with Crippen LogP contribution in [0, 0.1) is 0 Å². The van der Waals surface area contributed by atoms with E-state index in [-0.39, 0.29) is 5.25 Å². The summed E-state index contributed by atoms with van der Waals surface area (Å²) in [6.07, 6.45) is 3.38. The Morgan fingerprint density at radius 3 is 2.85 bits per heavy atom. The summed E-state index contributed by atoms with van der Waals surface area (Å²) in [6, 6.07) is 7.89. The summed E-state index contributed by atoms with van der Waals surface area (Å²) < 4.78 is 1.75. The van der Waals surface area contributed by atoms with Gasteiger partial charge in [0.15, 0.2) is 5.65 Å². The molecule has 2 heterocycles. The monoisotopic (exact) mass is 304 g/mol. The second-order valence-electron chi connectivity index (χ2n) is 4.47. The van der Waals surface area contributed by atoms with Crippen LogP contribution in [0.3, 0.4) is 0 Å². The molecule has 0 fully saturated rings. The van der Waals surface area contributed by atoms with Crippen molar-refractivity contribution in [2.75, 3.05) is 0 Å². The van der Waals surface area contributed by atoms with Crippen LogP contribution in [0.15, 0.2) is 41.8 Å². The number of rotatable bonds is 3. The second-order valence-corrected chi connectivity index (χ2v) is 6.20. The highest BCUT2D eigenvalue weighted by molar-refractivity contribution is 7.99. The molecule has 0 bridgehead atoms. The van der Waals surface area contributed by atoms with Gasteiger partial charge in [-0.1, -0.05) is 41.6 Å². The van der Waals surface area contributed by atoms with Gasteiger partial charge in [-0.15, -0.1) is 0 Å². The molecule has 3 aromatic rings. The summed E-state index contributed by atoms with van der Waals surface area (Å²) in [5.74, 6) is 0. The fourth-order valence-corrected chi connectivity index (χ4v) is 3.48. The fourth-order valence-electron chi connectivity index (χ4n) is 2.07. The molecule has 0 radical (unpaired) electrons. The van der Waals surface area contributed by atoms with Crippen molar-refractivity contribution in [1.29, 1.82) is 0 Å². The molecule has 0 aliphatic heterocycles. The van der Waals surface area contributed by atoms with E-state index in [1.165, 1.54) is 0 Å². The number of hydrogen-bond donors (Lipinski definition) is 0. The van der Waals surface area contributed by atoms with Crippen molar-refractivity contribution in [3.05, 3.63) is 47.4 Å². The van der Waals surface area contributed by atoms with E-state index >= 15 is 0 Å². The van der Waals surface area contributed by atoms with Crippen molar-refractivity contribution in [3.8, 4) is 0 Å². The first-order valence-corrected chi connectivity index (χ1v) is 7.46. The van der Waals surface area contributed by atoms with Gasteiger partial charge < -0.3 is 0 Å². The van der Waals surface area contributed by atoms with Crippen molar-refractivity contribution >= 4 is 34.4 Å². The van der Waals surface area contributed by atoms with Gasteiger partial charge in [-0.25, -0.2) is 9.97 Å². The Balaban J connectivity index is 1.95. The first-order chi connectivity index (χ1) is 9.66. The van der Waals surface area contributed by atoms with E-state index < -0.39 is 0 Å². The van der Waals surface area contributed by atoms with E-state index in [9.17, 15) is 0 Å². The predicted molar refractivity (Wildman–Crippen MR) is 82.0 cm³/mol. The molecule has 0 saturated heterocycles.